The van der Waals surface area contributed by atoms with E-state index in [4.69, 9.17) is 10.5 Å². The standard InChI is InChI=1S/C13H14FN5O3/c1-2-3-13(14)9(21)8(5-20)22-11(13)19-6-17-7-4-16-12(15)18-10(7)19/h4,6,8-9,11,20-21H,5H2,1H3,(H2,15,16,18)/t8-,9?,11-,13-/m1/s1. The van der Waals surface area contributed by atoms with Crippen LogP contribution in [0.1, 0.15) is 13.2 Å². The van der Waals surface area contributed by atoms with E-state index in [0.29, 0.717) is 5.52 Å². The number of imidazole rings is 1. The van der Waals surface area contributed by atoms with Crippen molar-refractivity contribution >= 4 is 17.1 Å². The van der Waals surface area contributed by atoms with Gasteiger partial charge in [0.15, 0.2) is 11.9 Å². The van der Waals surface area contributed by atoms with E-state index in [9.17, 15) is 10.2 Å². The Balaban J connectivity index is 2.14. The van der Waals surface area contributed by atoms with Crippen LogP contribution in [0.15, 0.2) is 12.5 Å². The second-order valence-corrected chi connectivity index (χ2v) is 4.89. The summed E-state index contributed by atoms with van der Waals surface area (Å²) < 4.78 is 21.9. The van der Waals surface area contributed by atoms with Crippen molar-refractivity contribution in [1.29, 1.82) is 0 Å². The summed E-state index contributed by atoms with van der Waals surface area (Å²) in [7, 11) is 0. The molecule has 2 aromatic heterocycles. The van der Waals surface area contributed by atoms with Crippen molar-refractivity contribution in [2.75, 3.05) is 12.3 Å². The van der Waals surface area contributed by atoms with Gasteiger partial charge in [0.25, 0.3) is 0 Å². The Labute approximate surface area is 124 Å². The molecular weight excluding hydrogens is 293 g/mol. The Hall–Kier alpha value is -2.28. The molecule has 1 unspecified atom stereocenters. The van der Waals surface area contributed by atoms with Gasteiger partial charge in [-0.25, -0.2) is 14.4 Å². The third-order valence-electron chi connectivity index (χ3n) is 3.53. The zero-order valence-electron chi connectivity index (χ0n) is 11.6. The predicted octanol–water partition coefficient (Wildman–Crippen LogP) is -0.609. The number of nitrogens with zero attached hydrogens (tertiary/aromatic N) is 4. The molecule has 0 aromatic carbocycles. The number of alkyl halides is 1. The molecule has 0 radical (unpaired) electrons. The molecule has 3 heterocycles. The highest BCUT2D eigenvalue weighted by Crippen LogP contribution is 2.42. The smallest absolute Gasteiger partial charge is 0.243 e. The molecule has 0 saturated carbocycles. The molecule has 0 bridgehead atoms. The van der Waals surface area contributed by atoms with Gasteiger partial charge in [-0.15, -0.1) is 5.92 Å². The fourth-order valence-electron chi connectivity index (χ4n) is 2.51. The van der Waals surface area contributed by atoms with Crippen LogP contribution in [0.4, 0.5) is 10.3 Å². The molecular formula is C13H14FN5O3. The highest BCUT2D eigenvalue weighted by atomic mass is 19.1. The van der Waals surface area contributed by atoms with E-state index < -0.39 is 30.7 Å². The quantitative estimate of drug-likeness (QED) is 0.633. The van der Waals surface area contributed by atoms with E-state index in [0.717, 1.165) is 0 Å². The van der Waals surface area contributed by atoms with Crippen molar-refractivity contribution in [3.63, 3.8) is 0 Å². The van der Waals surface area contributed by atoms with E-state index in [2.05, 4.69) is 26.8 Å². The Morgan fingerprint density at radius 2 is 2.32 bits per heavy atom. The average molecular weight is 307 g/mol. The lowest BCUT2D eigenvalue weighted by Gasteiger charge is -2.23. The number of aliphatic hydroxyl groups is 2. The molecule has 8 nitrogen and oxygen atoms in total. The molecule has 22 heavy (non-hydrogen) atoms. The van der Waals surface area contributed by atoms with Crippen LogP contribution in [0.2, 0.25) is 0 Å². The average Bonchev–Trinajstić information content (AvgIpc) is 3.00. The molecule has 2 aromatic rings. The molecule has 4 atom stereocenters. The lowest BCUT2D eigenvalue weighted by Crippen LogP contribution is -2.42. The number of anilines is 1. The lowest BCUT2D eigenvalue weighted by atomic mass is 9.96. The molecule has 9 heteroatoms. The second-order valence-electron chi connectivity index (χ2n) is 4.89. The first-order valence-electron chi connectivity index (χ1n) is 6.53. The third kappa shape index (κ3) is 2.00. The number of hydrogen-bond acceptors (Lipinski definition) is 7. The minimum Gasteiger partial charge on any atom is -0.394 e. The fraction of sp³-hybridized carbons (Fsp3) is 0.462. The van der Waals surface area contributed by atoms with Gasteiger partial charge >= 0.3 is 0 Å². The zero-order valence-corrected chi connectivity index (χ0v) is 11.6. The van der Waals surface area contributed by atoms with Gasteiger partial charge in [0.1, 0.15) is 17.7 Å². The summed E-state index contributed by atoms with van der Waals surface area (Å²) in [6.07, 6.45) is -1.32. The number of aromatic nitrogens is 4. The van der Waals surface area contributed by atoms with Crippen LogP contribution in [-0.4, -0.2) is 54.2 Å². The summed E-state index contributed by atoms with van der Waals surface area (Å²) in [5.41, 5.74) is 3.78. The first-order valence-corrected chi connectivity index (χ1v) is 6.53. The lowest BCUT2D eigenvalue weighted by molar-refractivity contribution is -0.0504. The largest absolute Gasteiger partial charge is 0.394 e. The Morgan fingerprint density at radius 1 is 1.55 bits per heavy atom. The van der Waals surface area contributed by atoms with Crippen LogP contribution in [0.3, 0.4) is 0 Å². The normalized spacial score (nSPS) is 31.2. The maximum absolute atomic E-state index is 15.2. The number of ether oxygens (including phenoxy) is 1. The zero-order chi connectivity index (χ0) is 15.9. The number of aliphatic hydroxyl groups excluding tert-OH is 2. The summed E-state index contributed by atoms with van der Waals surface area (Å²) in [5.74, 6) is 4.76. The minimum atomic E-state index is -2.41. The number of nitrogens with two attached hydrogens (primary N) is 1. The maximum atomic E-state index is 15.2. The number of nitrogen functional groups attached to an aromatic ring is 1. The molecule has 116 valence electrons. The van der Waals surface area contributed by atoms with Crippen molar-refractivity contribution in [2.24, 2.45) is 0 Å². The van der Waals surface area contributed by atoms with Crippen molar-refractivity contribution in [2.45, 2.75) is 31.0 Å². The number of halogens is 1. The van der Waals surface area contributed by atoms with Crippen LogP contribution in [0.5, 0.6) is 0 Å². The first kappa shape index (κ1) is 14.6. The van der Waals surface area contributed by atoms with Crippen LogP contribution < -0.4 is 5.73 Å². The van der Waals surface area contributed by atoms with Gasteiger partial charge in [-0.2, -0.15) is 4.98 Å². The van der Waals surface area contributed by atoms with Crippen LogP contribution in [-0.2, 0) is 4.74 Å². The van der Waals surface area contributed by atoms with Crippen LogP contribution in [0, 0.1) is 11.8 Å². The van der Waals surface area contributed by atoms with Gasteiger partial charge in [0.2, 0.25) is 11.6 Å². The third-order valence-corrected chi connectivity index (χ3v) is 3.53. The SMILES string of the molecule is CC#C[C@@]1(F)C(O)[C@@H](CO)O[C@H]1n1cnc2cnc(N)nc21. The van der Waals surface area contributed by atoms with Crippen molar-refractivity contribution in [3.8, 4) is 11.8 Å². The molecule has 0 aliphatic carbocycles. The van der Waals surface area contributed by atoms with Crippen molar-refractivity contribution in [1.82, 2.24) is 19.5 Å². The minimum absolute atomic E-state index is 0.00228. The number of hydrogen-bond donors (Lipinski definition) is 3. The first-order chi connectivity index (χ1) is 10.5. The summed E-state index contributed by atoms with van der Waals surface area (Å²) in [4.78, 5) is 11.9. The summed E-state index contributed by atoms with van der Waals surface area (Å²) in [6, 6.07) is 0. The fourth-order valence-corrected chi connectivity index (χ4v) is 2.51. The van der Waals surface area contributed by atoms with Gasteiger partial charge < -0.3 is 20.7 Å². The van der Waals surface area contributed by atoms with E-state index in [1.807, 2.05) is 0 Å². The topological polar surface area (TPSA) is 119 Å². The molecule has 1 aliphatic rings. The van der Waals surface area contributed by atoms with Gasteiger partial charge in [-0.05, 0) is 6.92 Å². The molecule has 1 saturated heterocycles. The monoisotopic (exact) mass is 307 g/mol. The van der Waals surface area contributed by atoms with E-state index in [1.54, 1.807) is 0 Å². The molecule has 4 N–H and O–H groups in total. The number of rotatable bonds is 2. The van der Waals surface area contributed by atoms with Crippen LogP contribution >= 0.6 is 0 Å². The molecule has 1 fully saturated rings. The van der Waals surface area contributed by atoms with Gasteiger partial charge in [0.05, 0.1) is 19.1 Å². The van der Waals surface area contributed by atoms with Gasteiger partial charge in [-0.3, -0.25) is 4.57 Å². The highest BCUT2D eigenvalue weighted by Gasteiger charge is 2.57. The number of fused-ring (bicyclic) bond motifs is 1. The summed E-state index contributed by atoms with van der Waals surface area (Å²) in [5, 5.41) is 19.3. The second kappa shape index (κ2) is 5.17. The Kier molecular flexibility index (Phi) is 3.44. The van der Waals surface area contributed by atoms with Crippen molar-refractivity contribution < 1.29 is 19.3 Å². The Bertz CT molecular complexity index is 770. The molecule has 0 amide bonds. The van der Waals surface area contributed by atoms with Gasteiger partial charge in [0, 0.05) is 0 Å². The van der Waals surface area contributed by atoms with Gasteiger partial charge in [-0.1, -0.05) is 5.92 Å². The van der Waals surface area contributed by atoms with Crippen LogP contribution in [0.25, 0.3) is 11.2 Å². The van der Waals surface area contributed by atoms with Crippen molar-refractivity contribution in [3.05, 3.63) is 12.5 Å². The maximum Gasteiger partial charge on any atom is 0.243 e. The van der Waals surface area contributed by atoms with E-state index in [-0.39, 0.29) is 11.6 Å². The summed E-state index contributed by atoms with van der Waals surface area (Å²) in [6.45, 7) is 0.905. The highest BCUT2D eigenvalue weighted by molar-refractivity contribution is 5.70. The molecule has 1 aliphatic heterocycles. The van der Waals surface area contributed by atoms with E-state index in [1.165, 1.54) is 24.0 Å². The molecule has 0 spiro atoms. The Morgan fingerprint density at radius 3 is 3.00 bits per heavy atom. The summed E-state index contributed by atoms with van der Waals surface area (Å²) >= 11 is 0. The molecule has 3 rings (SSSR count). The predicted molar refractivity (Wildman–Crippen MR) is 74.0 cm³/mol. The van der Waals surface area contributed by atoms with E-state index >= 15 is 4.39 Å².